The summed E-state index contributed by atoms with van der Waals surface area (Å²) in [7, 11) is -0.280. The smallest absolute Gasteiger partial charge is 0.416 e. The van der Waals surface area contributed by atoms with E-state index in [0.717, 1.165) is 12.1 Å². The average Bonchev–Trinajstić information content (AvgIpc) is 2.83. The number of hydrogen-bond donors (Lipinski definition) is 2. The lowest BCUT2D eigenvalue weighted by Gasteiger charge is -2.32. The Morgan fingerprint density at radius 3 is 2.36 bits per heavy atom. The molecule has 0 radical (unpaired) electrons. The summed E-state index contributed by atoms with van der Waals surface area (Å²) >= 11 is 1.31. The fourth-order valence-corrected chi connectivity index (χ4v) is 6.65. The molecule has 0 bridgehead atoms. The molecule has 0 aromatic heterocycles. The first kappa shape index (κ1) is 28.3. The molecular weight excluding hydrogens is 519 g/mol. The highest BCUT2D eigenvalue weighted by Gasteiger charge is 2.34. The molecule has 1 saturated heterocycles. The van der Waals surface area contributed by atoms with Gasteiger partial charge in [-0.05, 0) is 63.3 Å². The number of nitrogens with one attached hydrogen (secondary N) is 1. The Labute approximate surface area is 212 Å². The molecule has 2 aromatic rings. The van der Waals surface area contributed by atoms with Crippen molar-refractivity contribution in [1.29, 1.82) is 0 Å². The lowest BCUT2D eigenvalue weighted by Crippen LogP contribution is -2.42. The summed E-state index contributed by atoms with van der Waals surface area (Å²) in [5, 5.41) is 9.26. The maximum atomic E-state index is 13.5. The Bertz CT molecular complexity index is 1150. The maximum Gasteiger partial charge on any atom is 0.416 e. The van der Waals surface area contributed by atoms with Crippen molar-refractivity contribution in [2.24, 2.45) is 0 Å². The number of rotatable bonds is 9. The van der Waals surface area contributed by atoms with Crippen LogP contribution < -0.4 is 10.2 Å². The SMILES string of the molecule is CN(C)CCSc1cccc(S(=O)(=O)N2CCC(Oc3ccc(C(F)(F)F)cc3)CC2)c1C(=O)NO. The first-order chi connectivity index (χ1) is 16.9. The summed E-state index contributed by atoms with van der Waals surface area (Å²) in [6, 6.07) is 8.88. The number of alkyl halides is 3. The van der Waals surface area contributed by atoms with E-state index >= 15 is 0 Å². The Kier molecular flexibility index (Phi) is 9.28. The quantitative estimate of drug-likeness (QED) is 0.281. The van der Waals surface area contributed by atoms with E-state index < -0.39 is 27.7 Å². The number of amides is 1. The van der Waals surface area contributed by atoms with Crippen LogP contribution in [-0.2, 0) is 16.2 Å². The molecule has 0 saturated carbocycles. The van der Waals surface area contributed by atoms with Crippen molar-refractivity contribution in [3.63, 3.8) is 0 Å². The molecule has 1 amide bonds. The molecule has 13 heteroatoms. The topological polar surface area (TPSA) is 99.2 Å². The molecule has 1 aliphatic rings. The van der Waals surface area contributed by atoms with Gasteiger partial charge in [-0.1, -0.05) is 6.07 Å². The first-order valence-corrected chi connectivity index (χ1v) is 13.5. The number of thioether (sulfide) groups is 1. The van der Waals surface area contributed by atoms with Crippen molar-refractivity contribution >= 4 is 27.7 Å². The molecule has 8 nitrogen and oxygen atoms in total. The zero-order chi connectivity index (χ0) is 26.5. The van der Waals surface area contributed by atoms with Crippen LogP contribution in [0, 0.1) is 0 Å². The summed E-state index contributed by atoms with van der Waals surface area (Å²) in [6.45, 7) is 0.909. The Morgan fingerprint density at radius 2 is 1.81 bits per heavy atom. The van der Waals surface area contributed by atoms with Crippen molar-refractivity contribution in [2.75, 3.05) is 39.5 Å². The van der Waals surface area contributed by atoms with Gasteiger partial charge in [0, 0.05) is 30.3 Å². The number of carbonyl (C=O) groups is 1. The molecule has 198 valence electrons. The van der Waals surface area contributed by atoms with Crippen LogP contribution in [0.5, 0.6) is 5.75 Å². The number of nitrogens with zero attached hydrogens (tertiary/aromatic N) is 2. The van der Waals surface area contributed by atoms with E-state index in [1.807, 2.05) is 19.0 Å². The molecule has 0 atom stereocenters. The van der Waals surface area contributed by atoms with E-state index in [1.54, 1.807) is 17.6 Å². The fraction of sp³-hybridized carbons (Fsp3) is 0.435. The average molecular weight is 548 g/mol. The van der Waals surface area contributed by atoms with Crippen LogP contribution in [0.4, 0.5) is 13.2 Å². The Balaban J connectivity index is 1.72. The van der Waals surface area contributed by atoms with E-state index in [9.17, 15) is 31.6 Å². The van der Waals surface area contributed by atoms with E-state index in [0.29, 0.717) is 30.0 Å². The summed E-state index contributed by atoms with van der Waals surface area (Å²) in [5.74, 6) is -0.0368. The molecule has 1 fully saturated rings. The van der Waals surface area contributed by atoms with Crippen molar-refractivity contribution in [3.05, 3.63) is 53.6 Å². The third-order valence-corrected chi connectivity index (χ3v) is 8.59. The van der Waals surface area contributed by atoms with E-state index in [2.05, 4.69) is 0 Å². The van der Waals surface area contributed by atoms with Crippen molar-refractivity contribution in [1.82, 2.24) is 14.7 Å². The minimum Gasteiger partial charge on any atom is -0.490 e. The number of hydroxylamine groups is 1. The highest BCUT2D eigenvalue weighted by atomic mass is 32.2. The molecule has 0 unspecified atom stereocenters. The molecule has 0 spiro atoms. The molecular formula is C23H28F3N3O5S2. The van der Waals surface area contributed by atoms with Gasteiger partial charge in [-0.15, -0.1) is 11.8 Å². The van der Waals surface area contributed by atoms with Gasteiger partial charge in [-0.25, -0.2) is 13.9 Å². The van der Waals surface area contributed by atoms with Crippen molar-refractivity contribution in [2.45, 2.75) is 34.9 Å². The summed E-state index contributed by atoms with van der Waals surface area (Å²) in [4.78, 5) is 14.7. The Hall–Kier alpha value is -2.32. The van der Waals surface area contributed by atoms with Crippen LogP contribution >= 0.6 is 11.8 Å². The Morgan fingerprint density at radius 1 is 1.17 bits per heavy atom. The van der Waals surface area contributed by atoms with E-state index in [-0.39, 0.29) is 35.4 Å². The van der Waals surface area contributed by atoms with Crippen LogP contribution in [0.25, 0.3) is 0 Å². The molecule has 1 heterocycles. The number of carbonyl (C=O) groups excluding carboxylic acids is 1. The second-order valence-corrected chi connectivity index (χ2v) is 11.5. The zero-order valence-corrected chi connectivity index (χ0v) is 21.4. The standard InChI is InChI=1S/C23H28F3N3O5S2/c1-28(2)14-15-35-19-4-3-5-20(21(19)22(30)27-31)36(32,33)29-12-10-18(11-13-29)34-17-8-6-16(7-9-17)23(24,25)26/h3-9,18,31H,10-15H2,1-2H3,(H,27,30). The van der Waals surface area contributed by atoms with Crippen molar-refractivity contribution < 1.29 is 36.3 Å². The van der Waals surface area contributed by atoms with Gasteiger partial charge < -0.3 is 9.64 Å². The molecule has 2 aromatic carbocycles. The number of halogens is 3. The van der Waals surface area contributed by atoms with Crippen LogP contribution in [0.1, 0.15) is 28.8 Å². The zero-order valence-electron chi connectivity index (χ0n) is 19.8. The van der Waals surface area contributed by atoms with Crippen LogP contribution in [-0.4, -0.2) is 74.3 Å². The van der Waals surface area contributed by atoms with Gasteiger partial charge in [0.25, 0.3) is 5.91 Å². The number of piperidine rings is 1. The normalized spacial score (nSPS) is 15.8. The third-order valence-electron chi connectivity index (χ3n) is 5.62. The minimum atomic E-state index is -4.44. The van der Waals surface area contributed by atoms with Gasteiger partial charge in [0.05, 0.1) is 16.0 Å². The van der Waals surface area contributed by atoms with Gasteiger partial charge >= 0.3 is 6.18 Å². The third kappa shape index (κ3) is 6.91. The highest BCUT2D eigenvalue weighted by molar-refractivity contribution is 7.99. The number of benzene rings is 2. The number of sulfonamides is 1. The maximum absolute atomic E-state index is 13.5. The molecule has 0 aliphatic carbocycles. The fourth-order valence-electron chi connectivity index (χ4n) is 3.71. The predicted octanol–water partition coefficient (Wildman–Crippen LogP) is 3.71. The lowest BCUT2D eigenvalue weighted by molar-refractivity contribution is -0.137. The molecule has 36 heavy (non-hydrogen) atoms. The van der Waals surface area contributed by atoms with Crippen molar-refractivity contribution in [3.8, 4) is 5.75 Å². The first-order valence-electron chi connectivity index (χ1n) is 11.1. The van der Waals surface area contributed by atoms with Crippen LogP contribution in [0.2, 0.25) is 0 Å². The second-order valence-electron chi connectivity index (χ2n) is 8.47. The largest absolute Gasteiger partial charge is 0.490 e. The second kappa shape index (κ2) is 11.8. The van der Waals surface area contributed by atoms with Crippen LogP contribution in [0.15, 0.2) is 52.3 Å². The molecule has 3 rings (SSSR count). The molecule has 2 N–H and O–H groups in total. The molecule has 1 aliphatic heterocycles. The minimum absolute atomic E-state index is 0.103. The summed E-state index contributed by atoms with van der Waals surface area (Å²) < 4.78 is 72.2. The monoisotopic (exact) mass is 547 g/mol. The summed E-state index contributed by atoms with van der Waals surface area (Å²) in [6.07, 6.45) is -4.18. The predicted molar refractivity (Wildman–Crippen MR) is 129 cm³/mol. The van der Waals surface area contributed by atoms with Gasteiger partial charge in [0.1, 0.15) is 11.9 Å². The van der Waals surface area contributed by atoms with Crippen LogP contribution in [0.3, 0.4) is 0 Å². The van der Waals surface area contributed by atoms with E-state index in [4.69, 9.17) is 4.74 Å². The van der Waals surface area contributed by atoms with Gasteiger partial charge in [0.2, 0.25) is 10.0 Å². The van der Waals surface area contributed by atoms with E-state index in [1.165, 1.54) is 34.3 Å². The summed E-state index contributed by atoms with van der Waals surface area (Å²) in [5.41, 5.74) is 0.652. The lowest BCUT2D eigenvalue weighted by atomic mass is 10.1. The van der Waals surface area contributed by atoms with Gasteiger partial charge in [-0.2, -0.15) is 17.5 Å². The number of ether oxygens (including phenoxy) is 1. The van der Waals surface area contributed by atoms with Gasteiger partial charge in [0.15, 0.2) is 0 Å². The highest BCUT2D eigenvalue weighted by Crippen LogP contribution is 2.33. The van der Waals surface area contributed by atoms with Gasteiger partial charge in [-0.3, -0.25) is 10.0 Å². The number of hydrogen-bond acceptors (Lipinski definition) is 7.